The second-order valence-electron chi connectivity index (χ2n) is 14.1. The molecule has 43 heavy (non-hydrogen) atoms. The molecule has 1 aliphatic carbocycles. The molecule has 2 aliphatic heterocycles. The molecular weight excluding hydrogens is 542 g/mol. The van der Waals surface area contributed by atoms with Crippen molar-refractivity contribution in [3.8, 4) is 5.75 Å². The number of carbonyl (C=O) groups is 2. The van der Waals surface area contributed by atoms with Crippen molar-refractivity contribution in [2.45, 2.75) is 90.8 Å². The van der Waals surface area contributed by atoms with Crippen molar-refractivity contribution >= 4 is 35.0 Å². The molecule has 1 aromatic heterocycles. The Balaban J connectivity index is 1.39. The minimum absolute atomic E-state index is 0.0270. The Bertz CT molecular complexity index is 1430. The number of amides is 2. The molecule has 1 fully saturated rings. The number of methoxy groups -OCH3 is 1. The van der Waals surface area contributed by atoms with E-state index in [0.717, 1.165) is 32.1 Å². The number of nitrogens with one attached hydrogen (secondary N) is 2. The highest BCUT2D eigenvalue weighted by Crippen LogP contribution is 2.41. The van der Waals surface area contributed by atoms with Gasteiger partial charge in [0.1, 0.15) is 11.4 Å². The number of hydrogen-bond donors (Lipinski definition) is 2. The fourth-order valence-corrected chi connectivity index (χ4v) is 6.90. The van der Waals surface area contributed by atoms with Gasteiger partial charge in [-0.1, -0.05) is 6.08 Å². The Morgan fingerprint density at radius 1 is 1.07 bits per heavy atom. The van der Waals surface area contributed by atoms with Gasteiger partial charge in [0.05, 0.1) is 24.4 Å². The Labute approximate surface area is 255 Å². The van der Waals surface area contributed by atoms with E-state index in [1.54, 1.807) is 37.4 Å². The van der Waals surface area contributed by atoms with Gasteiger partial charge in [-0.25, -0.2) is 4.98 Å². The summed E-state index contributed by atoms with van der Waals surface area (Å²) in [6.45, 7) is 13.4. The van der Waals surface area contributed by atoms with Crippen LogP contribution in [-0.4, -0.2) is 71.6 Å². The van der Waals surface area contributed by atoms with E-state index in [1.165, 1.54) is 5.70 Å². The van der Waals surface area contributed by atoms with Gasteiger partial charge in [0, 0.05) is 42.0 Å². The first-order chi connectivity index (χ1) is 20.1. The number of likely N-dealkylation sites (tertiary alicyclic amines) is 1. The summed E-state index contributed by atoms with van der Waals surface area (Å²) >= 11 is 0. The van der Waals surface area contributed by atoms with E-state index in [9.17, 15) is 9.59 Å². The van der Waals surface area contributed by atoms with Gasteiger partial charge in [0.15, 0.2) is 5.82 Å². The number of benzene rings is 1. The van der Waals surface area contributed by atoms with Crippen LogP contribution in [0.3, 0.4) is 0 Å². The van der Waals surface area contributed by atoms with Crippen molar-refractivity contribution in [1.82, 2.24) is 20.2 Å². The lowest BCUT2D eigenvalue weighted by Crippen LogP contribution is -2.62. The molecule has 0 spiro atoms. The minimum Gasteiger partial charge on any atom is -0.495 e. The summed E-state index contributed by atoms with van der Waals surface area (Å²) in [4.78, 5) is 42.4. The number of nitrogens with zero attached hydrogens (tertiary/aromatic N) is 5. The predicted octanol–water partition coefficient (Wildman–Crippen LogP) is 5.49. The zero-order valence-electron chi connectivity index (χ0n) is 27.2. The van der Waals surface area contributed by atoms with Crippen molar-refractivity contribution in [1.29, 1.82) is 0 Å². The number of hydrogen-bond acceptors (Lipinski definition) is 8. The Morgan fingerprint density at radius 3 is 2.40 bits per heavy atom. The standard InChI is InChI=1S/C33H47N7O3/c1-31(2)20-40(23-12-10-11-13-23)27-25(38(7)29(31)42)19-34-30(37-27)36-24-15-14-21(16-26(24)43-9)28(41)35-22-17-32(3,4)39(8)33(5,6)18-22/h12,14-16,19,22H,10-11,13,17-18,20H2,1-9H3,(H,35,41)(H,34,36,37). The van der Waals surface area contributed by atoms with Crippen LogP contribution in [0.2, 0.25) is 0 Å². The highest BCUT2D eigenvalue weighted by Gasteiger charge is 2.43. The summed E-state index contributed by atoms with van der Waals surface area (Å²) in [5, 5.41) is 6.56. The molecule has 3 heterocycles. The second kappa shape index (κ2) is 11.1. The lowest BCUT2D eigenvalue weighted by molar-refractivity contribution is -0.125. The van der Waals surface area contributed by atoms with Crippen molar-refractivity contribution in [2.75, 3.05) is 42.9 Å². The fourth-order valence-electron chi connectivity index (χ4n) is 6.90. The summed E-state index contributed by atoms with van der Waals surface area (Å²) in [7, 11) is 5.52. The highest BCUT2D eigenvalue weighted by molar-refractivity contribution is 6.01. The van der Waals surface area contributed by atoms with E-state index >= 15 is 0 Å². The molecule has 0 saturated carbocycles. The predicted molar refractivity (Wildman–Crippen MR) is 171 cm³/mol. The number of anilines is 4. The first kappa shape index (κ1) is 30.8. The molecule has 2 amide bonds. The smallest absolute Gasteiger partial charge is 0.251 e. The SMILES string of the molecule is COc1cc(C(=O)NC2CC(C)(C)N(C)C(C)(C)C2)ccc1Nc1ncc2c(n1)N(C1=CCCC1)CC(C)(C)C(=O)N2C. The van der Waals surface area contributed by atoms with Crippen LogP contribution in [0.4, 0.5) is 23.1 Å². The molecule has 0 atom stereocenters. The first-order valence-electron chi connectivity index (χ1n) is 15.2. The lowest BCUT2D eigenvalue weighted by atomic mass is 9.77. The van der Waals surface area contributed by atoms with Crippen molar-refractivity contribution in [3.05, 3.63) is 41.7 Å². The van der Waals surface area contributed by atoms with Crippen LogP contribution in [0.1, 0.15) is 84.0 Å². The van der Waals surface area contributed by atoms with Gasteiger partial charge in [-0.15, -0.1) is 0 Å². The number of allylic oxidation sites excluding steroid dienone is 2. The molecule has 3 aliphatic rings. The Hall–Kier alpha value is -3.66. The Morgan fingerprint density at radius 2 is 1.77 bits per heavy atom. The van der Waals surface area contributed by atoms with Crippen LogP contribution in [-0.2, 0) is 4.79 Å². The number of fused-ring (bicyclic) bond motifs is 1. The summed E-state index contributed by atoms with van der Waals surface area (Å²) in [5.74, 6) is 1.50. The molecule has 5 rings (SSSR count). The van der Waals surface area contributed by atoms with Crippen molar-refractivity contribution in [2.24, 2.45) is 5.41 Å². The highest BCUT2D eigenvalue weighted by atomic mass is 16.5. The normalized spacial score (nSPS) is 21.6. The van der Waals surface area contributed by atoms with Gasteiger partial charge in [-0.05, 0) is 98.9 Å². The Kier molecular flexibility index (Phi) is 7.96. The minimum atomic E-state index is -0.592. The average Bonchev–Trinajstić information content (AvgIpc) is 3.46. The number of piperidine rings is 1. The van der Waals surface area contributed by atoms with E-state index < -0.39 is 5.41 Å². The lowest BCUT2D eigenvalue weighted by Gasteiger charge is -2.53. The van der Waals surface area contributed by atoms with Gasteiger partial charge in [-0.2, -0.15) is 4.98 Å². The second-order valence-corrected chi connectivity index (χ2v) is 14.1. The van der Waals surface area contributed by atoms with E-state index in [1.807, 2.05) is 19.9 Å². The van der Waals surface area contributed by atoms with Crippen LogP contribution >= 0.6 is 0 Å². The van der Waals surface area contributed by atoms with Gasteiger partial charge in [0.25, 0.3) is 5.91 Å². The number of carbonyl (C=O) groups excluding carboxylic acids is 2. The quantitative estimate of drug-likeness (QED) is 0.456. The molecule has 0 bridgehead atoms. The average molecular weight is 590 g/mol. The van der Waals surface area contributed by atoms with Crippen molar-refractivity contribution in [3.63, 3.8) is 0 Å². The van der Waals surface area contributed by atoms with Crippen LogP contribution in [0, 0.1) is 5.41 Å². The zero-order chi connectivity index (χ0) is 31.3. The third-order valence-corrected chi connectivity index (χ3v) is 9.52. The summed E-state index contributed by atoms with van der Waals surface area (Å²) in [5.41, 5.74) is 2.39. The van der Waals surface area contributed by atoms with Gasteiger partial charge in [-0.3, -0.25) is 14.5 Å². The molecule has 0 unspecified atom stereocenters. The summed E-state index contributed by atoms with van der Waals surface area (Å²) in [6.07, 6.45) is 8.74. The summed E-state index contributed by atoms with van der Waals surface area (Å²) < 4.78 is 5.69. The molecule has 1 aromatic carbocycles. The van der Waals surface area contributed by atoms with Gasteiger partial charge >= 0.3 is 0 Å². The monoisotopic (exact) mass is 589 g/mol. The maximum absolute atomic E-state index is 13.4. The molecule has 10 heteroatoms. The maximum atomic E-state index is 13.4. The first-order valence-corrected chi connectivity index (χ1v) is 15.2. The van der Waals surface area contributed by atoms with Crippen LogP contribution in [0.15, 0.2) is 36.2 Å². The van der Waals surface area contributed by atoms with E-state index in [4.69, 9.17) is 9.72 Å². The van der Waals surface area contributed by atoms with E-state index in [0.29, 0.717) is 41.0 Å². The van der Waals surface area contributed by atoms with Crippen LogP contribution < -0.4 is 25.2 Å². The molecule has 2 aromatic rings. The number of ether oxygens (including phenoxy) is 1. The van der Waals surface area contributed by atoms with Gasteiger partial charge in [0.2, 0.25) is 11.9 Å². The van der Waals surface area contributed by atoms with Crippen LogP contribution in [0.25, 0.3) is 0 Å². The number of rotatable bonds is 6. The molecule has 1 saturated heterocycles. The third kappa shape index (κ3) is 5.94. The zero-order valence-corrected chi connectivity index (χ0v) is 27.2. The molecule has 2 N–H and O–H groups in total. The summed E-state index contributed by atoms with van der Waals surface area (Å²) in [6, 6.07) is 5.43. The fraction of sp³-hybridized carbons (Fsp3) is 0.576. The topological polar surface area (TPSA) is 103 Å². The van der Waals surface area contributed by atoms with E-state index in [2.05, 4.69) is 66.2 Å². The molecule has 10 nitrogen and oxygen atoms in total. The number of aromatic nitrogens is 2. The van der Waals surface area contributed by atoms with Crippen molar-refractivity contribution < 1.29 is 14.3 Å². The van der Waals surface area contributed by atoms with E-state index in [-0.39, 0.29) is 28.9 Å². The molecular formula is C33H47N7O3. The largest absolute Gasteiger partial charge is 0.495 e. The third-order valence-electron chi connectivity index (χ3n) is 9.52. The van der Waals surface area contributed by atoms with Crippen LogP contribution in [0.5, 0.6) is 5.75 Å². The van der Waals surface area contributed by atoms with Gasteiger partial charge < -0.3 is 25.2 Å². The maximum Gasteiger partial charge on any atom is 0.251 e. The molecule has 0 radical (unpaired) electrons. The molecule has 232 valence electrons.